The number of halogens is 1. The Morgan fingerprint density at radius 1 is 1.00 bits per heavy atom. The Balaban J connectivity index is 1.50. The van der Waals surface area contributed by atoms with Crippen LogP contribution in [0.15, 0.2) is 24.3 Å². The summed E-state index contributed by atoms with van der Waals surface area (Å²) in [6.07, 6.45) is 7.04. The minimum absolute atomic E-state index is 0.839. The monoisotopic (exact) mass is 263 g/mol. The highest BCUT2D eigenvalue weighted by atomic mass is 35.5. The Morgan fingerprint density at radius 2 is 1.61 bits per heavy atom. The zero-order chi connectivity index (χ0) is 12.4. The zero-order valence-corrected chi connectivity index (χ0v) is 11.7. The minimum Gasteiger partial charge on any atom is -0.302 e. The van der Waals surface area contributed by atoms with Crippen molar-refractivity contribution in [1.82, 2.24) is 4.90 Å². The van der Waals surface area contributed by atoms with Crippen LogP contribution in [0, 0.1) is 11.8 Å². The largest absolute Gasteiger partial charge is 0.302 e. The van der Waals surface area contributed by atoms with Crippen molar-refractivity contribution in [3.63, 3.8) is 0 Å². The molecule has 2 aliphatic rings. The molecule has 1 nitrogen and oxygen atoms in total. The number of rotatable bonds is 3. The van der Waals surface area contributed by atoms with E-state index in [1.165, 1.54) is 50.9 Å². The molecule has 2 atom stereocenters. The third-order valence-corrected chi connectivity index (χ3v) is 4.93. The molecule has 0 spiro atoms. The fourth-order valence-corrected chi connectivity index (χ4v) is 3.75. The van der Waals surface area contributed by atoms with E-state index in [-0.39, 0.29) is 0 Å². The maximum atomic E-state index is 5.91. The molecule has 1 aliphatic carbocycles. The van der Waals surface area contributed by atoms with Crippen LogP contribution in [0.4, 0.5) is 0 Å². The smallest absolute Gasteiger partial charge is 0.0406 e. The highest BCUT2D eigenvalue weighted by Crippen LogP contribution is 2.35. The fraction of sp³-hybridized carbons (Fsp3) is 0.625. The molecule has 2 fully saturated rings. The molecule has 1 heterocycles. The topological polar surface area (TPSA) is 3.24 Å². The Bertz CT molecular complexity index is 373. The molecular formula is C16H22ClN. The summed E-state index contributed by atoms with van der Waals surface area (Å²) in [6, 6.07) is 8.32. The summed E-state index contributed by atoms with van der Waals surface area (Å²) in [5.41, 5.74) is 1.41. The van der Waals surface area contributed by atoms with Gasteiger partial charge >= 0.3 is 0 Å². The summed E-state index contributed by atoms with van der Waals surface area (Å²) in [7, 11) is 0. The molecular weight excluding hydrogens is 242 g/mol. The molecule has 0 unspecified atom stereocenters. The van der Waals surface area contributed by atoms with Crippen molar-refractivity contribution in [3.8, 4) is 0 Å². The van der Waals surface area contributed by atoms with E-state index in [0.29, 0.717) is 0 Å². The van der Waals surface area contributed by atoms with Crippen molar-refractivity contribution in [1.29, 1.82) is 0 Å². The quantitative estimate of drug-likeness (QED) is 0.797. The molecule has 0 radical (unpaired) electrons. The van der Waals surface area contributed by atoms with Crippen LogP contribution in [0.2, 0.25) is 5.02 Å². The first-order valence-corrected chi connectivity index (χ1v) is 7.66. The summed E-state index contributed by atoms with van der Waals surface area (Å²) in [4.78, 5) is 2.68. The molecule has 0 N–H and O–H groups in total. The van der Waals surface area contributed by atoms with E-state index >= 15 is 0 Å². The number of hydrogen-bond acceptors (Lipinski definition) is 1. The molecule has 1 saturated heterocycles. The highest BCUT2D eigenvalue weighted by Gasteiger charge is 2.33. The molecule has 0 amide bonds. The lowest BCUT2D eigenvalue weighted by Crippen LogP contribution is -2.23. The predicted octanol–water partition coefficient (Wildman–Crippen LogP) is 4.00. The lowest BCUT2D eigenvalue weighted by atomic mass is 9.82. The molecule has 1 aromatic rings. The van der Waals surface area contributed by atoms with Gasteiger partial charge in [0.15, 0.2) is 0 Å². The lowest BCUT2D eigenvalue weighted by Gasteiger charge is -2.23. The van der Waals surface area contributed by atoms with Gasteiger partial charge in [-0.15, -0.1) is 0 Å². The van der Waals surface area contributed by atoms with Gasteiger partial charge in [-0.25, -0.2) is 0 Å². The van der Waals surface area contributed by atoms with Crippen molar-refractivity contribution in [2.24, 2.45) is 11.8 Å². The fourth-order valence-electron chi connectivity index (χ4n) is 3.62. The molecule has 1 saturated carbocycles. The average molecular weight is 264 g/mol. The summed E-state index contributed by atoms with van der Waals surface area (Å²) in [6.45, 7) is 3.91. The maximum absolute atomic E-state index is 5.91. The number of benzene rings is 1. The standard InChI is InChI=1S/C16H22ClN/c17-16-7-5-13(6-8-16)9-10-18-11-14-3-1-2-4-15(14)12-18/h5-8,14-15H,1-4,9-12H2/t14-,15+. The molecule has 1 aromatic carbocycles. The van der Waals surface area contributed by atoms with Gasteiger partial charge in [0.05, 0.1) is 0 Å². The SMILES string of the molecule is Clc1ccc(CCN2C[C@H]3CCCC[C@H]3C2)cc1. The van der Waals surface area contributed by atoms with Crippen LogP contribution >= 0.6 is 11.6 Å². The van der Waals surface area contributed by atoms with Gasteiger partial charge in [-0.1, -0.05) is 36.6 Å². The van der Waals surface area contributed by atoms with Crippen LogP contribution < -0.4 is 0 Å². The molecule has 3 rings (SSSR count). The Hall–Kier alpha value is -0.530. The zero-order valence-electron chi connectivity index (χ0n) is 10.9. The normalized spacial score (nSPS) is 28.3. The number of nitrogens with zero attached hydrogens (tertiary/aromatic N) is 1. The summed E-state index contributed by atoms with van der Waals surface area (Å²) < 4.78 is 0. The van der Waals surface area contributed by atoms with Crippen molar-refractivity contribution in [3.05, 3.63) is 34.9 Å². The van der Waals surface area contributed by atoms with Crippen molar-refractivity contribution >= 4 is 11.6 Å². The van der Waals surface area contributed by atoms with Crippen LogP contribution in [-0.2, 0) is 6.42 Å². The van der Waals surface area contributed by atoms with E-state index in [1.807, 2.05) is 12.1 Å². The van der Waals surface area contributed by atoms with Crippen LogP contribution in [0.1, 0.15) is 31.2 Å². The molecule has 0 aromatic heterocycles. The third kappa shape index (κ3) is 2.89. The van der Waals surface area contributed by atoms with Crippen molar-refractivity contribution in [2.75, 3.05) is 19.6 Å². The summed E-state index contributed by atoms with van der Waals surface area (Å²) in [5.74, 6) is 2.01. The number of fused-ring (bicyclic) bond motifs is 1. The Kier molecular flexibility index (Phi) is 3.91. The first-order chi connectivity index (χ1) is 8.81. The van der Waals surface area contributed by atoms with E-state index < -0.39 is 0 Å². The number of likely N-dealkylation sites (tertiary alicyclic amines) is 1. The first kappa shape index (κ1) is 12.5. The van der Waals surface area contributed by atoms with Gasteiger partial charge in [0.25, 0.3) is 0 Å². The molecule has 2 heteroatoms. The second kappa shape index (κ2) is 5.63. The van der Waals surface area contributed by atoms with Gasteiger partial charge in [-0.3, -0.25) is 0 Å². The van der Waals surface area contributed by atoms with Crippen molar-refractivity contribution in [2.45, 2.75) is 32.1 Å². The van der Waals surface area contributed by atoms with Gasteiger partial charge in [0.1, 0.15) is 0 Å². The van der Waals surface area contributed by atoms with E-state index in [2.05, 4.69) is 17.0 Å². The Morgan fingerprint density at radius 3 is 2.22 bits per heavy atom. The molecule has 18 heavy (non-hydrogen) atoms. The highest BCUT2D eigenvalue weighted by molar-refractivity contribution is 6.30. The molecule has 1 aliphatic heterocycles. The molecule has 98 valence electrons. The summed E-state index contributed by atoms with van der Waals surface area (Å²) >= 11 is 5.91. The van der Waals surface area contributed by atoms with Gasteiger partial charge in [0, 0.05) is 24.7 Å². The number of hydrogen-bond donors (Lipinski definition) is 0. The van der Waals surface area contributed by atoms with Gasteiger partial charge in [-0.2, -0.15) is 0 Å². The van der Waals surface area contributed by atoms with Gasteiger partial charge in [-0.05, 0) is 48.8 Å². The van der Waals surface area contributed by atoms with Crippen molar-refractivity contribution < 1.29 is 0 Å². The lowest BCUT2D eigenvalue weighted by molar-refractivity contribution is 0.299. The second-order valence-electron chi connectivity index (χ2n) is 5.94. The Labute approximate surface area is 115 Å². The second-order valence-corrected chi connectivity index (χ2v) is 6.38. The van der Waals surface area contributed by atoms with E-state index in [1.54, 1.807) is 0 Å². The maximum Gasteiger partial charge on any atom is 0.0406 e. The van der Waals surface area contributed by atoms with Crippen LogP contribution in [0.25, 0.3) is 0 Å². The van der Waals surface area contributed by atoms with Gasteiger partial charge < -0.3 is 4.90 Å². The van der Waals surface area contributed by atoms with E-state index in [0.717, 1.165) is 23.3 Å². The van der Waals surface area contributed by atoms with Gasteiger partial charge in [0.2, 0.25) is 0 Å². The van der Waals surface area contributed by atoms with E-state index in [4.69, 9.17) is 11.6 Å². The third-order valence-electron chi connectivity index (χ3n) is 4.68. The van der Waals surface area contributed by atoms with Crippen LogP contribution in [0.3, 0.4) is 0 Å². The van der Waals surface area contributed by atoms with E-state index in [9.17, 15) is 0 Å². The summed E-state index contributed by atoms with van der Waals surface area (Å²) in [5, 5.41) is 0.839. The average Bonchev–Trinajstić information content (AvgIpc) is 2.81. The van der Waals surface area contributed by atoms with Crippen LogP contribution in [0.5, 0.6) is 0 Å². The minimum atomic E-state index is 0.839. The first-order valence-electron chi connectivity index (χ1n) is 7.28. The predicted molar refractivity (Wildman–Crippen MR) is 77.0 cm³/mol. The molecule has 0 bridgehead atoms. The van der Waals surface area contributed by atoms with Crippen LogP contribution in [-0.4, -0.2) is 24.5 Å².